The topological polar surface area (TPSA) is 59.1 Å². The molecule has 3 heteroatoms. The molecular formula is C17H20N2O. The third-order valence-electron chi connectivity index (χ3n) is 3.17. The molecule has 0 amide bonds. The highest BCUT2D eigenvalue weighted by atomic mass is 16.5. The van der Waals surface area contributed by atoms with Crippen molar-refractivity contribution >= 4 is 5.84 Å². The monoisotopic (exact) mass is 268 g/mol. The van der Waals surface area contributed by atoms with Gasteiger partial charge in [-0.05, 0) is 29.2 Å². The minimum atomic E-state index is 0.0782. The van der Waals surface area contributed by atoms with E-state index in [-0.39, 0.29) is 5.84 Å². The van der Waals surface area contributed by atoms with E-state index in [0.717, 1.165) is 16.9 Å². The largest absolute Gasteiger partial charge is 0.489 e. The van der Waals surface area contributed by atoms with E-state index < -0.39 is 0 Å². The maximum atomic E-state index is 7.46. The lowest BCUT2D eigenvalue weighted by Gasteiger charge is -2.14. The van der Waals surface area contributed by atoms with Gasteiger partial charge in [0.05, 0.1) is 0 Å². The minimum Gasteiger partial charge on any atom is -0.489 e. The van der Waals surface area contributed by atoms with Gasteiger partial charge in [-0.1, -0.05) is 50.2 Å². The molecule has 0 bridgehead atoms. The molecule has 2 rings (SSSR count). The first-order valence-electron chi connectivity index (χ1n) is 6.73. The Labute approximate surface area is 119 Å². The van der Waals surface area contributed by atoms with Crippen molar-refractivity contribution in [2.75, 3.05) is 0 Å². The van der Waals surface area contributed by atoms with Gasteiger partial charge in [-0.3, -0.25) is 5.41 Å². The van der Waals surface area contributed by atoms with Crippen LogP contribution < -0.4 is 10.5 Å². The molecule has 3 nitrogen and oxygen atoms in total. The first-order chi connectivity index (χ1) is 9.58. The average molecular weight is 268 g/mol. The number of ether oxygens (including phenoxy) is 1. The molecule has 0 aliphatic carbocycles. The van der Waals surface area contributed by atoms with Gasteiger partial charge in [-0.25, -0.2) is 0 Å². The first kappa shape index (κ1) is 14.1. The molecular weight excluding hydrogens is 248 g/mol. The number of hydrogen-bond donors (Lipinski definition) is 2. The molecule has 0 saturated carbocycles. The smallest absolute Gasteiger partial charge is 0.123 e. The van der Waals surface area contributed by atoms with Crippen LogP contribution in [0.4, 0.5) is 0 Å². The van der Waals surface area contributed by atoms with Crippen LogP contribution >= 0.6 is 0 Å². The van der Waals surface area contributed by atoms with Gasteiger partial charge in [-0.2, -0.15) is 0 Å². The van der Waals surface area contributed by atoms with Crippen molar-refractivity contribution in [1.82, 2.24) is 0 Å². The number of rotatable bonds is 5. The van der Waals surface area contributed by atoms with E-state index in [1.54, 1.807) is 0 Å². The Hall–Kier alpha value is -2.29. The Morgan fingerprint density at radius 1 is 1.15 bits per heavy atom. The van der Waals surface area contributed by atoms with Crippen LogP contribution in [0.3, 0.4) is 0 Å². The molecule has 2 aromatic rings. The van der Waals surface area contributed by atoms with Crippen molar-refractivity contribution in [1.29, 1.82) is 5.41 Å². The minimum absolute atomic E-state index is 0.0782. The number of nitrogen functional groups attached to an aromatic ring is 1. The van der Waals surface area contributed by atoms with Gasteiger partial charge in [0.15, 0.2) is 0 Å². The van der Waals surface area contributed by atoms with Crippen molar-refractivity contribution in [3.63, 3.8) is 0 Å². The maximum Gasteiger partial charge on any atom is 0.123 e. The predicted octanol–water partition coefficient (Wildman–Crippen LogP) is 3.67. The lowest BCUT2D eigenvalue weighted by molar-refractivity contribution is 0.302. The van der Waals surface area contributed by atoms with Gasteiger partial charge >= 0.3 is 0 Å². The van der Waals surface area contributed by atoms with E-state index in [4.69, 9.17) is 15.9 Å². The third-order valence-corrected chi connectivity index (χ3v) is 3.17. The summed E-state index contributed by atoms with van der Waals surface area (Å²) in [5.41, 5.74) is 8.44. The third kappa shape index (κ3) is 3.38. The Morgan fingerprint density at radius 2 is 1.90 bits per heavy atom. The van der Waals surface area contributed by atoms with Crippen LogP contribution in [0.1, 0.15) is 36.5 Å². The first-order valence-corrected chi connectivity index (χ1v) is 6.73. The van der Waals surface area contributed by atoms with Gasteiger partial charge in [0.25, 0.3) is 0 Å². The van der Waals surface area contributed by atoms with E-state index in [2.05, 4.69) is 19.9 Å². The Bertz CT molecular complexity index is 605. The summed E-state index contributed by atoms with van der Waals surface area (Å²) in [6.45, 7) is 4.78. The standard InChI is InChI=1S/C17H20N2O/c1-12(2)15-8-3-4-9-16(15)20-11-13-6-5-7-14(10-13)17(18)19/h3-10,12H,11H2,1-2H3,(H3,18,19). The summed E-state index contributed by atoms with van der Waals surface area (Å²) in [6, 6.07) is 15.7. The van der Waals surface area contributed by atoms with Crippen LogP contribution in [0.25, 0.3) is 0 Å². The Morgan fingerprint density at radius 3 is 2.60 bits per heavy atom. The van der Waals surface area contributed by atoms with Crippen molar-refractivity contribution in [2.45, 2.75) is 26.4 Å². The average Bonchev–Trinajstić information content (AvgIpc) is 2.45. The number of para-hydroxylation sites is 1. The number of hydrogen-bond acceptors (Lipinski definition) is 2. The fourth-order valence-corrected chi connectivity index (χ4v) is 2.08. The van der Waals surface area contributed by atoms with E-state index in [1.807, 2.05) is 42.5 Å². The molecule has 20 heavy (non-hydrogen) atoms. The SMILES string of the molecule is CC(C)c1ccccc1OCc1cccc(C(=N)N)c1. The number of benzene rings is 2. The summed E-state index contributed by atoms with van der Waals surface area (Å²) in [5.74, 6) is 1.42. The highest BCUT2D eigenvalue weighted by Crippen LogP contribution is 2.26. The molecule has 0 aliphatic rings. The Balaban J connectivity index is 2.13. The number of amidine groups is 1. The highest BCUT2D eigenvalue weighted by Gasteiger charge is 2.07. The number of nitrogens with one attached hydrogen (secondary N) is 1. The zero-order valence-electron chi connectivity index (χ0n) is 11.9. The molecule has 0 saturated heterocycles. The van der Waals surface area contributed by atoms with Crippen molar-refractivity contribution in [3.8, 4) is 5.75 Å². The lowest BCUT2D eigenvalue weighted by Crippen LogP contribution is -2.11. The van der Waals surface area contributed by atoms with Gasteiger partial charge in [0.2, 0.25) is 0 Å². The predicted molar refractivity (Wildman–Crippen MR) is 82.3 cm³/mol. The van der Waals surface area contributed by atoms with Crippen molar-refractivity contribution in [3.05, 3.63) is 65.2 Å². The molecule has 3 N–H and O–H groups in total. The maximum absolute atomic E-state index is 7.46. The van der Waals surface area contributed by atoms with Crippen LogP contribution in [0.15, 0.2) is 48.5 Å². The van der Waals surface area contributed by atoms with Crippen LogP contribution in [0, 0.1) is 5.41 Å². The van der Waals surface area contributed by atoms with Gasteiger partial charge in [0.1, 0.15) is 18.2 Å². The van der Waals surface area contributed by atoms with Gasteiger partial charge in [-0.15, -0.1) is 0 Å². The molecule has 0 atom stereocenters. The molecule has 0 spiro atoms. The highest BCUT2D eigenvalue weighted by molar-refractivity contribution is 5.95. The molecule has 104 valence electrons. The zero-order valence-corrected chi connectivity index (χ0v) is 11.9. The second-order valence-electron chi connectivity index (χ2n) is 5.10. The summed E-state index contributed by atoms with van der Waals surface area (Å²) in [6.07, 6.45) is 0. The van der Waals surface area contributed by atoms with Crippen LogP contribution in [-0.4, -0.2) is 5.84 Å². The van der Waals surface area contributed by atoms with E-state index in [1.165, 1.54) is 5.56 Å². The molecule has 2 aromatic carbocycles. The molecule has 0 radical (unpaired) electrons. The summed E-state index contributed by atoms with van der Waals surface area (Å²) in [5, 5.41) is 7.46. The normalized spacial score (nSPS) is 10.6. The molecule has 0 aromatic heterocycles. The van der Waals surface area contributed by atoms with Gasteiger partial charge < -0.3 is 10.5 Å². The lowest BCUT2D eigenvalue weighted by atomic mass is 10.0. The van der Waals surface area contributed by atoms with E-state index >= 15 is 0 Å². The van der Waals surface area contributed by atoms with Crippen LogP contribution in [-0.2, 0) is 6.61 Å². The van der Waals surface area contributed by atoms with Gasteiger partial charge in [0, 0.05) is 5.56 Å². The second kappa shape index (κ2) is 6.24. The van der Waals surface area contributed by atoms with Crippen molar-refractivity contribution in [2.24, 2.45) is 5.73 Å². The van der Waals surface area contributed by atoms with Crippen LogP contribution in [0.5, 0.6) is 5.75 Å². The zero-order chi connectivity index (χ0) is 14.5. The molecule has 0 heterocycles. The number of nitrogens with two attached hydrogens (primary N) is 1. The van der Waals surface area contributed by atoms with Crippen LogP contribution in [0.2, 0.25) is 0 Å². The fourth-order valence-electron chi connectivity index (χ4n) is 2.08. The Kier molecular flexibility index (Phi) is 4.41. The van der Waals surface area contributed by atoms with E-state index in [9.17, 15) is 0 Å². The van der Waals surface area contributed by atoms with E-state index in [0.29, 0.717) is 12.5 Å². The molecule has 0 aliphatic heterocycles. The molecule has 0 fully saturated rings. The summed E-state index contributed by atoms with van der Waals surface area (Å²) < 4.78 is 5.91. The summed E-state index contributed by atoms with van der Waals surface area (Å²) in [4.78, 5) is 0. The fraction of sp³-hybridized carbons (Fsp3) is 0.235. The summed E-state index contributed by atoms with van der Waals surface area (Å²) >= 11 is 0. The van der Waals surface area contributed by atoms with Crippen molar-refractivity contribution < 1.29 is 4.74 Å². The summed E-state index contributed by atoms with van der Waals surface area (Å²) in [7, 11) is 0. The second-order valence-corrected chi connectivity index (χ2v) is 5.10. The molecule has 0 unspecified atom stereocenters. The quantitative estimate of drug-likeness (QED) is 0.642.